The van der Waals surface area contributed by atoms with Crippen LogP contribution < -0.4 is 15.5 Å². The lowest BCUT2D eigenvalue weighted by atomic mass is 9.95. The maximum Gasteiger partial charge on any atom is 0.291 e. The molecule has 2 unspecified atom stereocenters. The molecule has 7 heteroatoms. The number of nitrogens with zero attached hydrogens (tertiary/aromatic N) is 1. The van der Waals surface area contributed by atoms with Crippen LogP contribution in [0, 0.1) is 0 Å². The molecule has 4 heterocycles. The molecule has 6 nitrogen and oxygen atoms in total. The molecule has 1 spiro atoms. The molecule has 3 aliphatic heterocycles. The molecule has 6 rings (SSSR count). The van der Waals surface area contributed by atoms with E-state index in [4.69, 9.17) is 9.15 Å². The zero-order valence-electron chi connectivity index (χ0n) is 14.5. The van der Waals surface area contributed by atoms with Crippen LogP contribution in [0.3, 0.4) is 0 Å². The number of ether oxygens (including phenoxy) is 1. The number of hydrazine groups is 1. The van der Waals surface area contributed by atoms with Crippen LogP contribution in [0.1, 0.15) is 22.9 Å². The van der Waals surface area contributed by atoms with Crippen molar-refractivity contribution in [2.24, 2.45) is 0 Å². The molecule has 0 saturated heterocycles. The van der Waals surface area contributed by atoms with Gasteiger partial charge in [-0.15, -0.1) is 0 Å². The van der Waals surface area contributed by atoms with Gasteiger partial charge >= 0.3 is 0 Å². The van der Waals surface area contributed by atoms with Gasteiger partial charge in [0, 0.05) is 15.6 Å². The lowest BCUT2D eigenvalue weighted by molar-refractivity contribution is -0.165. The van der Waals surface area contributed by atoms with Gasteiger partial charge in [0.2, 0.25) is 0 Å². The van der Waals surface area contributed by atoms with E-state index in [2.05, 4.69) is 32.7 Å². The normalized spacial score (nSPS) is 24.7. The molecule has 1 amide bonds. The van der Waals surface area contributed by atoms with Gasteiger partial charge in [-0.2, -0.15) is 5.01 Å². The SMILES string of the molecule is O=C1Nc2ccc(Br)cc2C12Oc1ccccc1C1C=C(c3ccco3)NN12. The van der Waals surface area contributed by atoms with E-state index < -0.39 is 5.72 Å². The van der Waals surface area contributed by atoms with Crippen LogP contribution in [-0.2, 0) is 10.5 Å². The van der Waals surface area contributed by atoms with E-state index in [1.807, 2.05) is 59.6 Å². The number of fused-ring (bicyclic) bond motifs is 6. The largest absolute Gasteiger partial charge is 0.463 e. The molecule has 1 aromatic heterocycles. The number of carbonyl (C=O) groups excluding carboxylic acids is 1. The molecule has 3 aliphatic rings. The van der Waals surface area contributed by atoms with Crippen molar-refractivity contribution in [3.05, 3.63) is 88.3 Å². The lowest BCUT2D eigenvalue weighted by Gasteiger charge is -2.44. The fourth-order valence-electron chi connectivity index (χ4n) is 4.14. The summed E-state index contributed by atoms with van der Waals surface area (Å²) < 4.78 is 12.9. The van der Waals surface area contributed by atoms with E-state index in [0.717, 1.165) is 27.0 Å². The van der Waals surface area contributed by atoms with E-state index in [1.165, 1.54) is 0 Å². The Labute approximate surface area is 168 Å². The Kier molecular flexibility index (Phi) is 3.14. The molecule has 2 aromatic carbocycles. The number of benzene rings is 2. The number of furan rings is 1. The Morgan fingerprint density at radius 1 is 1.11 bits per heavy atom. The first-order chi connectivity index (χ1) is 13.7. The third-order valence-corrected chi connectivity index (χ3v) is 5.86. The van der Waals surface area contributed by atoms with Gasteiger partial charge in [0.1, 0.15) is 5.75 Å². The van der Waals surface area contributed by atoms with E-state index in [0.29, 0.717) is 11.5 Å². The van der Waals surface area contributed by atoms with Gasteiger partial charge in [-0.05, 0) is 42.5 Å². The standard InChI is InChI=1S/C21H14BrN3O3/c22-12-7-8-15-14(10-12)21(20(26)23-15)25-17(13-4-1-2-5-18(13)28-21)11-16(24-25)19-6-3-9-27-19/h1-11,17,24H,(H,23,26). The molecule has 3 aromatic rings. The van der Waals surface area contributed by atoms with Crippen LogP contribution in [0.15, 0.2) is 75.8 Å². The van der Waals surface area contributed by atoms with E-state index in [-0.39, 0.29) is 11.9 Å². The summed E-state index contributed by atoms with van der Waals surface area (Å²) in [5.41, 5.74) is 5.30. The third-order valence-electron chi connectivity index (χ3n) is 5.37. The van der Waals surface area contributed by atoms with Crippen LogP contribution in [0.25, 0.3) is 5.70 Å². The number of anilines is 1. The Balaban J connectivity index is 1.58. The number of nitrogens with one attached hydrogen (secondary N) is 2. The summed E-state index contributed by atoms with van der Waals surface area (Å²) in [7, 11) is 0. The highest BCUT2D eigenvalue weighted by atomic mass is 79.9. The Hall–Kier alpha value is -3.03. The van der Waals surface area contributed by atoms with Crippen molar-refractivity contribution < 1.29 is 13.9 Å². The molecule has 0 saturated carbocycles. The highest BCUT2D eigenvalue weighted by Gasteiger charge is 2.60. The average molecular weight is 436 g/mol. The molecule has 0 fully saturated rings. The number of para-hydroxylation sites is 1. The molecular formula is C21H14BrN3O3. The maximum absolute atomic E-state index is 13.3. The van der Waals surface area contributed by atoms with Gasteiger partial charge in [-0.3, -0.25) is 4.79 Å². The van der Waals surface area contributed by atoms with Crippen LogP contribution in [0.4, 0.5) is 5.69 Å². The van der Waals surface area contributed by atoms with Crippen molar-refractivity contribution in [1.29, 1.82) is 0 Å². The number of amides is 1. The van der Waals surface area contributed by atoms with Gasteiger partial charge in [-0.25, -0.2) is 0 Å². The second-order valence-corrected chi connectivity index (χ2v) is 7.83. The summed E-state index contributed by atoms with van der Waals surface area (Å²) in [6.45, 7) is 0. The third kappa shape index (κ3) is 1.97. The lowest BCUT2D eigenvalue weighted by Crippen LogP contribution is -2.60. The van der Waals surface area contributed by atoms with Gasteiger partial charge in [0.15, 0.2) is 5.76 Å². The van der Waals surface area contributed by atoms with Crippen molar-refractivity contribution in [1.82, 2.24) is 10.4 Å². The quantitative estimate of drug-likeness (QED) is 0.601. The molecule has 28 heavy (non-hydrogen) atoms. The molecule has 0 bridgehead atoms. The Bertz CT molecular complexity index is 1160. The van der Waals surface area contributed by atoms with E-state index >= 15 is 0 Å². The van der Waals surface area contributed by atoms with E-state index in [1.54, 1.807) is 6.26 Å². The monoisotopic (exact) mass is 435 g/mol. The fourth-order valence-corrected chi connectivity index (χ4v) is 4.50. The van der Waals surface area contributed by atoms with Crippen molar-refractivity contribution >= 4 is 33.2 Å². The average Bonchev–Trinajstić information content (AvgIpc) is 3.42. The minimum absolute atomic E-state index is 0.194. The van der Waals surface area contributed by atoms with Crippen molar-refractivity contribution in [3.8, 4) is 5.75 Å². The highest BCUT2D eigenvalue weighted by Crippen LogP contribution is 2.53. The summed E-state index contributed by atoms with van der Waals surface area (Å²) >= 11 is 3.52. The van der Waals surface area contributed by atoms with Crippen LogP contribution in [0.2, 0.25) is 0 Å². The molecular weight excluding hydrogens is 422 g/mol. The number of carbonyl (C=O) groups is 1. The predicted octanol–water partition coefficient (Wildman–Crippen LogP) is 4.14. The highest BCUT2D eigenvalue weighted by molar-refractivity contribution is 9.10. The number of halogens is 1. The maximum atomic E-state index is 13.3. The molecule has 138 valence electrons. The minimum atomic E-state index is -1.33. The summed E-state index contributed by atoms with van der Waals surface area (Å²) in [4.78, 5) is 13.3. The Morgan fingerprint density at radius 3 is 2.86 bits per heavy atom. The second kappa shape index (κ2) is 5.50. The number of hydrogen-bond donors (Lipinski definition) is 2. The van der Waals surface area contributed by atoms with Gasteiger partial charge in [-0.1, -0.05) is 34.1 Å². The summed E-state index contributed by atoms with van der Waals surface area (Å²) in [5, 5.41) is 4.83. The van der Waals surface area contributed by atoms with Crippen molar-refractivity contribution in [3.63, 3.8) is 0 Å². The van der Waals surface area contributed by atoms with E-state index in [9.17, 15) is 4.79 Å². The predicted molar refractivity (Wildman–Crippen MR) is 106 cm³/mol. The Morgan fingerprint density at radius 2 is 2.00 bits per heavy atom. The van der Waals surface area contributed by atoms with Crippen LogP contribution in [0.5, 0.6) is 5.75 Å². The zero-order valence-corrected chi connectivity index (χ0v) is 16.1. The summed E-state index contributed by atoms with van der Waals surface area (Å²) in [6.07, 6.45) is 3.69. The number of hydrogen-bond acceptors (Lipinski definition) is 5. The van der Waals surface area contributed by atoms with Crippen molar-refractivity contribution in [2.45, 2.75) is 11.8 Å². The smallest absolute Gasteiger partial charge is 0.291 e. The molecule has 2 atom stereocenters. The van der Waals surface area contributed by atoms with Gasteiger partial charge in [0.05, 0.1) is 23.7 Å². The zero-order chi connectivity index (χ0) is 18.9. The number of rotatable bonds is 1. The minimum Gasteiger partial charge on any atom is -0.463 e. The van der Waals surface area contributed by atoms with Crippen LogP contribution >= 0.6 is 15.9 Å². The fraction of sp³-hybridized carbons (Fsp3) is 0.0952. The molecule has 2 N–H and O–H groups in total. The first kappa shape index (κ1) is 16.0. The van der Waals surface area contributed by atoms with Crippen LogP contribution in [-0.4, -0.2) is 10.9 Å². The second-order valence-electron chi connectivity index (χ2n) is 6.91. The summed E-state index contributed by atoms with van der Waals surface area (Å²) in [6, 6.07) is 17.0. The molecule has 0 radical (unpaired) electrons. The van der Waals surface area contributed by atoms with Gasteiger partial charge < -0.3 is 19.9 Å². The van der Waals surface area contributed by atoms with Crippen molar-refractivity contribution in [2.75, 3.05) is 5.32 Å². The summed E-state index contributed by atoms with van der Waals surface area (Å²) in [5.74, 6) is 1.15. The first-order valence-corrected chi connectivity index (χ1v) is 9.67. The van der Waals surface area contributed by atoms with Gasteiger partial charge in [0.25, 0.3) is 11.6 Å². The first-order valence-electron chi connectivity index (χ1n) is 8.88. The topological polar surface area (TPSA) is 66.7 Å². The molecule has 0 aliphatic carbocycles.